The molecule has 0 aliphatic rings. The largest absolute Gasteiger partial charge is 0.477 e. The fourth-order valence-corrected chi connectivity index (χ4v) is 2.97. The first-order valence-electron chi connectivity index (χ1n) is 5.82. The van der Waals surface area contributed by atoms with Gasteiger partial charge in [-0.1, -0.05) is 48.5 Å². The standard InChI is InChI=1S/C15H12O4S/c16-15(17)14(11-12-7-3-1-4-8-12)20(18,19)13-9-5-2-6-10-13/h1-11H,(H,16,17). The summed E-state index contributed by atoms with van der Waals surface area (Å²) in [5.41, 5.74) is 0.518. The van der Waals surface area contributed by atoms with E-state index in [0.717, 1.165) is 6.08 Å². The number of benzene rings is 2. The molecule has 0 amide bonds. The second kappa shape index (κ2) is 5.71. The van der Waals surface area contributed by atoms with Gasteiger partial charge in [0.1, 0.15) is 0 Å². The first kappa shape index (κ1) is 14.0. The van der Waals surface area contributed by atoms with Crippen LogP contribution in [0.5, 0.6) is 0 Å². The summed E-state index contributed by atoms with van der Waals surface area (Å²) < 4.78 is 24.7. The van der Waals surface area contributed by atoms with Crippen LogP contribution in [-0.2, 0) is 14.6 Å². The van der Waals surface area contributed by atoms with Crippen molar-refractivity contribution in [2.24, 2.45) is 0 Å². The van der Waals surface area contributed by atoms with Gasteiger partial charge in [0.05, 0.1) is 4.90 Å². The maximum Gasteiger partial charge on any atom is 0.347 e. The van der Waals surface area contributed by atoms with Gasteiger partial charge in [-0.15, -0.1) is 0 Å². The third kappa shape index (κ3) is 2.95. The molecule has 0 saturated heterocycles. The van der Waals surface area contributed by atoms with E-state index in [-0.39, 0.29) is 4.90 Å². The van der Waals surface area contributed by atoms with Crippen LogP contribution >= 0.6 is 0 Å². The summed E-state index contributed by atoms with van der Waals surface area (Å²) >= 11 is 0. The summed E-state index contributed by atoms with van der Waals surface area (Å²) in [7, 11) is -4.04. The van der Waals surface area contributed by atoms with E-state index >= 15 is 0 Å². The van der Waals surface area contributed by atoms with Crippen LogP contribution < -0.4 is 0 Å². The smallest absolute Gasteiger partial charge is 0.347 e. The molecule has 20 heavy (non-hydrogen) atoms. The molecular formula is C15H12O4S. The maximum atomic E-state index is 12.3. The van der Waals surface area contributed by atoms with Crippen molar-refractivity contribution in [2.45, 2.75) is 4.90 Å². The molecule has 0 aromatic heterocycles. The zero-order chi connectivity index (χ0) is 14.6. The molecular weight excluding hydrogens is 276 g/mol. The van der Waals surface area contributed by atoms with Crippen molar-refractivity contribution in [2.75, 3.05) is 0 Å². The van der Waals surface area contributed by atoms with E-state index in [4.69, 9.17) is 0 Å². The highest BCUT2D eigenvalue weighted by Gasteiger charge is 2.26. The highest BCUT2D eigenvalue weighted by atomic mass is 32.2. The van der Waals surface area contributed by atoms with Gasteiger partial charge >= 0.3 is 5.97 Å². The van der Waals surface area contributed by atoms with Crippen LogP contribution in [0, 0.1) is 0 Å². The Morgan fingerprint density at radius 3 is 1.90 bits per heavy atom. The van der Waals surface area contributed by atoms with Gasteiger partial charge in [0.2, 0.25) is 9.84 Å². The highest BCUT2D eigenvalue weighted by molar-refractivity contribution is 7.96. The quantitative estimate of drug-likeness (QED) is 0.878. The molecule has 0 heterocycles. The molecule has 0 atom stereocenters. The zero-order valence-corrected chi connectivity index (χ0v) is 11.2. The number of hydrogen-bond acceptors (Lipinski definition) is 3. The van der Waals surface area contributed by atoms with Gasteiger partial charge < -0.3 is 5.11 Å². The number of carboxylic acids is 1. The Morgan fingerprint density at radius 2 is 1.40 bits per heavy atom. The van der Waals surface area contributed by atoms with E-state index in [1.54, 1.807) is 48.5 Å². The van der Waals surface area contributed by atoms with Crippen LogP contribution in [0.3, 0.4) is 0 Å². The maximum absolute atomic E-state index is 12.3. The Kier molecular flexibility index (Phi) is 4.00. The highest BCUT2D eigenvalue weighted by Crippen LogP contribution is 2.21. The number of carbonyl (C=O) groups is 1. The molecule has 5 heteroatoms. The summed E-state index contributed by atoms with van der Waals surface area (Å²) in [6.45, 7) is 0. The Hall–Kier alpha value is -2.40. The molecule has 4 nitrogen and oxygen atoms in total. The van der Waals surface area contributed by atoms with E-state index in [1.165, 1.54) is 12.1 Å². The van der Waals surface area contributed by atoms with Crippen LogP contribution in [0.2, 0.25) is 0 Å². The van der Waals surface area contributed by atoms with Crippen LogP contribution in [0.25, 0.3) is 6.08 Å². The van der Waals surface area contributed by atoms with Gasteiger partial charge in [-0.3, -0.25) is 0 Å². The van der Waals surface area contributed by atoms with Gasteiger partial charge in [-0.25, -0.2) is 13.2 Å². The molecule has 0 fully saturated rings. The fourth-order valence-electron chi connectivity index (χ4n) is 1.68. The van der Waals surface area contributed by atoms with E-state index in [0.29, 0.717) is 5.56 Å². The lowest BCUT2D eigenvalue weighted by Crippen LogP contribution is -2.13. The lowest BCUT2D eigenvalue weighted by molar-refractivity contribution is -0.131. The molecule has 0 saturated carbocycles. The van der Waals surface area contributed by atoms with Gasteiger partial charge in [-0.2, -0.15) is 0 Å². The van der Waals surface area contributed by atoms with E-state index in [2.05, 4.69) is 0 Å². The number of carboxylic acid groups (broad SMARTS) is 1. The summed E-state index contributed by atoms with van der Waals surface area (Å²) in [5, 5.41) is 9.18. The monoisotopic (exact) mass is 288 g/mol. The lowest BCUT2D eigenvalue weighted by Gasteiger charge is -2.05. The first-order valence-corrected chi connectivity index (χ1v) is 7.30. The SMILES string of the molecule is O=C(O)C(=Cc1ccccc1)S(=O)(=O)c1ccccc1. The topological polar surface area (TPSA) is 71.4 Å². The second-order valence-electron chi connectivity index (χ2n) is 4.04. The van der Waals surface area contributed by atoms with Crippen molar-refractivity contribution in [3.63, 3.8) is 0 Å². The van der Waals surface area contributed by atoms with E-state index in [9.17, 15) is 18.3 Å². The molecule has 2 aromatic carbocycles. The van der Waals surface area contributed by atoms with Crippen LogP contribution in [0.4, 0.5) is 0 Å². The molecule has 2 aromatic rings. The Balaban J connectivity index is 2.56. The average Bonchev–Trinajstić information content (AvgIpc) is 2.46. The van der Waals surface area contributed by atoms with Crippen LogP contribution in [0.15, 0.2) is 70.5 Å². The van der Waals surface area contributed by atoms with Crippen molar-refractivity contribution in [1.82, 2.24) is 0 Å². The van der Waals surface area contributed by atoms with E-state index < -0.39 is 20.7 Å². The van der Waals surface area contributed by atoms with Crippen LogP contribution in [-0.4, -0.2) is 19.5 Å². The minimum absolute atomic E-state index is 0.0374. The average molecular weight is 288 g/mol. The normalized spacial score (nSPS) is 12.1. The van der Waals surface area contributed by atoms with Crippen molar-refractivity contribution in [1.29, 1.82) is 0 Å². The van der Waals surface area contributed by atoms with Crippen molar-refractivity contribution < 1.29 is 18.3 Å². The number of rotatable bonds is 4. The number of hydrogen-bond donors (Lipinski definition) is 1. The van der Waals surface area contributed by atoms with Gasteiger partial charge in [0.25, 0.3) is 0 Å². The third-order valence-electron chi connectivity index (χ3n) is 2.65. The fraction of sp³-hybridized carbons (Fsp3) is 0. The summed E-state index contributed by atoms with van der Waals surface area (Å²) in [4.78, 5) is 10.6. The Morgan fingerprint density at radius 1 is 0.900 bits per heavy atom. The summed E-state index contributed by atoms with van der Waals surface area (Å²) in [6, 6.07) is 16.0. The first-order chi connectivity index (χ1) is 9.51. The van der Waals surface area contributed by atoms with Crippen molar-refractivity contribution >= 4 is 21.9 Å². The molecule has 0 bridgehead atoms. The van der Waals surface area contributed by atoms with Gasteiger partial charge in [-0.05, 0) is 23.8 Å². The van der Waals surface area contributed by atoms with Crippen LogP contribution in [0.1, 0.15) is 5.56 Å². The molecule has 0 unspecified atom stereocenters. The zero-order valence-electron chi connectivity index (χ0n) is 10.4. The minimum atomic E-state index is -4.04. The van der Waals surface area contributed by atoms with E-state index in [1.807, 2.05) is 0 Å². The lowest BCUT2D eigenvalue weighted by atomic mass is 10.2. The molecule has 0 aliphatic heterocycles. The van der Waals surface area contributed by atoms with Gasteiger partial charge in [0.15, 0.2) is 4.91 Å². The number of aliphatic carboxylic acids is 1. The summed E-state index contributed by atoms with van der Waals surface area (Å²) in [5.74, 6) is -1.47. The second-order valence-corrected chi connectivity index (χ2v) is 5.96. The molecule has 102 valence electrons. The molecule has 0 spiro atoms. The van der Waals surface area contributed by atoms with Crippen molar-refractivity contribution in [3.05, 3.63) is 71.1 Å². The molecule has 0 radical (unpaired) electrons. The Bertz CT molecular complexity index is 732. The third-order valence-corrected chi connectivity index (χ3v) is 4.42. The molecule has 2 rings (SSSR count). The Labute approximate surface area is 116 Å². The molecule has 1 N–H and O–H groups in total. The van der Waals surface area contributed by atoms with Gasteiger partial charge in [0, 0.05) is 0 Å². The number of sulfone groups is 1. The minimum Gasteiger partial charge on any atom is -0.477 e. The van der Waals surface area contributed by atoms with Crippen molar-refractivity contribution in [3.8, 4) is 0 Å². The summed E-state index contributed by atoms with van der Waals surface area (Å²) in [6.07, 6.45) is 1.16. The predicted molar refractivity (Wildman–Crippen MR) is 75.7 cm³/mol. The molecule has 0 aliphatic carbocycles. The predicted octanol–water partition coefficient (Wildman–Crippen LogP) is 2.59.